The molecule has 4 aliphatic rings. The fourth-order valence-corrected chi connectivity index (χ4v) is 6.85. The molecule has 2 fully saturated rings. The summed E-state index contributed by atoms with van der Waals surface area (Å²) < 4.78 is 2.20. The van der Waals surface area contributed by atoms with Gasteiger partial charge in [-0.25, -0.2) is 0 Å². The van der Waals surface area contributed by atoms with E-state index in [1.165, 1.54) is 44.9 Å². The van der Waals surface area contributed by atoms with Crippen LogP contribution in [0.3, 0.4) is 0 Å². The van der Waals surface area contributed by atoms with Crippen LogP contribution in [0.2, 0.25) is 0 Å². The Kier molecular flexibility index (Phi) is 3.18. The summed E-state index contributed by atoms with van der Waals surface area (Å²) >= 11 is 0. The number of hydrogen-bond acceptors (Lipinski definition) is 1. The van der Waals surface area contributed by atoms with Gasteiger partial charge in [0, 0.05) is 12.4 Å². The summed E-state index contributed by atoms with van der Waals surface area (Å²) in [7, 11) is 0. The molecular weight excluding hydrogens is 292 g/mol. The van der Waals surface area contributed by atoms with Gasteiger partial charge in [-0.1, -0.05) is 37.6 Å². The molecule has 5 rings (SSSR count). The van der Waals surface area contributed by atoms with Crippen molar-refractivity contribution in [3.05, 3.63) is 42.3 Å². The van der Waals surface area contributed by atoms with Crippen LogP contribution >= 0.6 is 0 Å². The van der Waals surface area contributed by atoms with Gasteiger partial charge in [0.1, 0.15) is 0 Å². The van der Waals surface area contributed by atoms with Crippen LogP contribution in [-0.2, 0) is 0 Å². The van der Waals surface area contributed by atoms with Gasteiger partial charge in [0.2, 0.25) is 0 Å². The second-order valence-electron chi connectivity index (χ2n) is 9.32. The lowest BCUT2D eigenvalue weighted by atomic mass is 9.48. The number of aromatic nitrogens is 2. The van der Waals surface area contributed by atoms with E-state index in [0.29, 0.717) is 16.9 Å². The third kappa shape index (κ3) is 1.98. The third-order valence-corrected chi connectivity index (χ3v) is 8.30. The second-order valence-corrected chi connectivity index (χ2v) is 9.32. The highest BCUT2D eigenvalue weighted by atomic mass is 15.3. The molecule has 6 atom stereocenters. The molecule has 0 spiro atoms. The largest absolute Gasteiger partial charge is 0.269 e. The van der Waals surface area contributed by atoms with E-state index in [4.69, 9.17) is 0 Å². The van der Waals surface area contributed by atoms with Crippen molar-refractivity contribution in [1.29, 1.82) is 0 Å². The third-order valence-electron chi connectivity index (χ3n) is 8.30. The maximum atomic E-state index is 4.52. The summed E-state index contributed by atoms with van der Waals surface area (Å²) in [5.41, 5.74) is 2.70. The molecule has 0 amide bonds. The number of allylic oxidation sites excluding steroid dienone is 4. The first-order chi connectivity index (χ1) is 11.6. The van der Waals surface area contributed by atoms with Gasteiger partial charge in [-0.3, -0.25) is 4.68 Å². The van der Waals surface area contributed by atoms with Crippen LogP contribution in [0.5, 0.6) is 0 Å². The number of rotatable bonds is 1. The van der Waals surface area contributed by atoms with E-state index in [1.54, 1.807) is 5.57 Å². The van der Waals surface area contributed by atoms with Gasteiger partial charge in [-0.15, -0.1) is 0 Å². The minimum Gasteiger partial charge on any atom is -0.269 e. The van der Waals surface area contributed by atoms with Crippen molar-refractivity contribution in [1.82, 2.24) is 9.78 Å². The zero-order valence-corrected chi connectivity index (χ0v) is 15.1. The lowest BCUT2D eigenvalue weighted by Crippen LogP contribution is -2.49. The van der Waals surface area contributed by atoms with Gasteiger partial charge in [0.05, 0.1) is 6.04 Å². The van der Waals surface area contributed by atoms with E-state index in [9.17, 15) is 0 Å². The molecule has 0 aromatic carbocycles. The summed E-state index contributed by atoms with van der Waals surface area (Å²) in [6.45, 7) is 5.12. The van der Waals surface area contributed by atoms with Crippen molar-refractivity contribution in [2.45, 2.75) is 64.8 Å². The zero-order chi connectivity index (χ0) is 16.4. The van der Waals surface area contributed by atoms with Crippen LogP contribution in [0.1, 0.15) is 64.8 Å². The van der Waals surface area contributed by atoms with Gasteiger partial charge in [-0.2, -0.15) is 5.10 Å². The van der Waals surface area contributed by atoms with Crippen LogP contribution in [0.4, 0.5) is 0 Å². The second kappa shape index (κ2) is 5.09. The quantitative estimate of drug-likeness (QED) is 0.620. The molecular formula is C22H30N2. The molecule has 2 nitrogen and oxygen atoms in total. The van der Waals surface area contributed by atoms with Crippen LogP contribution in [0.15, 0.2) is 42.3 Å². The molecule has 2 heteroatoms. The first-order valence-electron chi connectivity index (χ1n) is 9.96. The fraction of sp³-hybridized carbons (Fsp3) is 0.682. The maximum absolute atomic E-state index is 4.52. The van der Waals surface area contributed by atoms with Crippen molar-refractivity contribution in [2.24, 2.45) is 28.6 Å². The van der Waals surface area contributed by atoms with Gasteiger partial charge in [0.15, 0.2) is 0 Å². The summed E-state index contributed by atoms with van der Waals surface area (Å²) in [6.07, 6.45) is 21.1. The highest BCUT2D eigenvalue weighted by Gasteiger charge is 2.54. The minimum atomic E-state index is 0.455. The molecule has 1 aromatic rings. The van der Waals surface area contributed by atoms with Crippen LogP contribution < -0.4 is 0 Å². The van der Waals surface area contributed by atoms with Crippen molar-refractivity contribution >= 4 is 0 Å². The number of nitrogens with zero attached hydrogens (tertiary/aromatic N) is 2. The Hall–Kier alpha value is -1.31. The highest BCUT2D eigenvalue weighted by Crippen LogP contribution is 2.64. The lowest BCUT2D eigenvalue weighted by molar-refractivity contribution is -0.0173. The number of fused-ring (bicyclic) bond motifs is 5. The molecule has 128 valence electrons. The molecule has 4 aliphatic carbocycles. The van der Waals surface area contributed by atoms with Crippen molar-refractivity contribution < 1.29 is 0 Å². The van der Waals surface area contributed by atoms with Crippen LogP contribution in [0, 0.1) is 28.6 Å². The standard InChI is InChI=1S/C22H30N2/c1-21-10-3-5-19(21)18-7-6-16-15-17(24-14-4-13-23-24)8-12-22(16,2)20(18)9-11-21/h3-4,6,10,13-14,17-20H,5,7-9,11-12,15H2,1-2H3/t17?,18-,19-,20-,21-,22-/m0/s1. The molecule has 0 radical (unpaired) electrons. The van der Waals surface area contributed by atoms with Gasteiger partial charge in [-0.05, 0) is 79.6 Å². The highest BCUT2D eigenvalue weighted by molar-refractivity contribution is 5.27. The predicted octanol–water partition coefficient (Wildman–Crippen LogP) is 5.55. The predicted molar refractivity (Wildman–Crippen MR) is 97.5 cm³/mol. The Bertz CT molecular complexity index is 685. The van der Waals surface area contributed by atoms with Crippen molar-refractivity contribution in [2.75, 3.05) is 0 Å². The number of hydrogen-bond donors (Lipinski definition) is 0. The molecule has 0 aliphatic heterocycles. The Balaban J connectivity index is 1.44. The van der Waals surface area contributed by atoms with Gasteiger partial charge in [0.25, 0.3) is 0 Å². The minimum absolute atomic E-state index is 0.455. The smallest absolute Gasteiger partial charge is 0.0556 e. The Labute approximate surface area is 146 Å². The molecule has 1 heterocycles. The zero-order valence-electron chi connectivity index (χ0n) is 15.1. The molecule has 0 bridgehead atoms. The Morgan fingerprint density at radius 1 is 1.12 bits per heavy atom. The van der Waals surface area contributed by atoms with Crippen LogP contribution in [0.25, 0.3) is 0 Å². The molecule has 24 heavy (non-hydrogen) atoms. The fourth-order valence-electron chi connectivity index (χ4n) is 6.85. The molecule has 0 saturated heterocycles. The first kappa shape index (κ1) is 15.0. The van der Waals surface area contributed by atoms with Crippen LogP contribution in [-0.4, -0.2) is 9.78 Å². The summed E-state index contributed by atoms with van der Waals surface area (Å²) in [5.74, 6) is 2.72. The van der Waals surface area contributed by atoms with E-state index >= 15 is 0 Å². The molecule has 2 saturated carbocycles. The van der Waals surface area contributed by atoms with E-state index in [0.717, 1.165) is 17.8 Å². The van der Waals surface area contributed by atoms with Crippen molar-refractivity contribution in [3.8, 4) is 0 Å². The SMILES string of the molecule is C[C@@]12C=CC[C@H]1[C@@H]1CC=C3CC(n4cccn4)CC[C@]3(C)[C@H]1CC2. The average molecular weight is 322 g/mol. The summed E-state index contributed by atoms with van der Waals surface area (Å²) in [5, 5.41) is 4.52. The maximum Gasteiger partial charge on any atom is 0.0556 e. The molecule has 1 unspecified atom stereocenters. The summed E-state index contributed by atoms with van der Waals surface area (Å²) in [4.78, 5) is 0. The van der Waals surface area contributed by atoms with E-state index in [-0.39, 0.29) is 0 Å². The van der Waals surface area contributed by atoms with Gasteiger partial charge >= 0.3 is 0 Å². The molecule has 0 N–H and O–H groups in total. The van der Waals surface area contributed by atoms with Gasteiger partial charge < -0.3 is 0 Å². The van der Waals surface area contributed by atoms with E-state index in [1.807, 2.05) is 6.20 Å². The normalized spacial score (nSPS) is 46.8. The topological polar surface area (TPSA) is 17.8 Å². The summed E-state index contributed by atoms with van der Waals surface area (Å²) in [6, 6.07) is 2.65. The lowest BCUT2D eigenvalue weighted by Gasteiger charge is -2.57. The monoisotopic (exact) mass is 322 g/mol. The average Bonchev–Trinajstić information content (AvgIpc) is 3.23. The van der Waals surface area contributed by atoms with Crippen molar-refractivity contribution in [3.63, 3.8) is 0 Å². The Morgan fingerprint density at radius 2 is 2.04 bits per heavy atom. The van der Waals surface area contributed by atoms with E-state index < -0.39 is 0 Å². The first-order valence-corrected chi connectivity index (χ1v) is 9.96. The Morgan fingerprint density at radius 3 is 2.88 bits per heavy atom. The van der Waals surface area contributed by atoms with E-state index in [2.05, 4.69) is 54.1 Å². The molecule has 1 aromatic heterocycles.